The van der Waals surface area contributed by atoms with E-state index in [0.29, 0.717) is 18.8 Å². The van der Waals surface area contributed by atoms with Crippen molar-refractivity contribution in [2.24, 2.45) is 7.05 Å². The highest BCUT2D eigenvalue weighted by Gasteiger charge is 2.21. The fourth-order valence-electron chi connectivity index (χ4n) is 3.79. The van der Waals surface area contributed by atoms with E-state index in [9.17, 15) is 4.79 Å². The molecule has 0 saturated carbocycles. The van der Waals surface area contributed by atoms with Crippen LogP contribution in [0.2, 0.25) is 0 Å². The molecule has 3 heterocycles. The van der Waals surface area contributed by atoms with E-state index in [0.717, 1.165) is 29.1 Å². The average Bonchev–Trinajstić information content (AvgIpc) is 3.46. The van der Waals surface area contributed by atoms with Crippen molar-refractivity contribution >= 4 is 17.2 Å². The highest BCUT2D eigenvalue weighted by Crippen LogP contribution is 2.26. The molecule has 1 N–H and O–H groups in total. The molecule has 3 aromatic heterocycles. The van der Waals surface area contributed by atoms with E-state index in [1.165, 1.54) is 15.3 Å². The number of thiophene rings is 1. The molecular formula is C24H27N5OS. The van der Waals surface area contributed by atoms with E-state index < -0.39 is 0 Å². The summed E-state index contributed by atoms with van der Waals surface area (Å²) in [5.41, 5.74) is 5.37. The summed E-state index contributed by atoms with van der Waals surface area (Å²) in [7, 11) is 1.92. The number of rotatable bonds is 7. The summed E-state index contributed by atoms with van der Waals surface area (Å²) in [6, 6.07) is 16.3. The summed E-state index contributed by atoms with van der Waals surface area (Å²) in [5, 5.41) is 11.9. The maximum Gasteiger partial charge on any atom is 0.272 e. The number of nitrogens with one attached hydrogen (secondary N) is 1. The van der Waals surface area contributed by atoms with Gasteiger partial charge in [-0.05, 0) is 51.0 Å². The molecular weight excluding hydrogens is 406 g/mol. The van der Waals surface area contributed by atoms with Gasteiger partial charge in [-0.3, -0.25) is 14.6 Å². The van der Waals surface area contributed by atoms with Gasteiger partial charge in [0, 0.05) is 34.6 Å². The molecule has 1 aromatic carbocycles. The second-order valence-corrected chi connectivity index (χ2v) is 9.18. The maximum atomic E-state index is 13.4. The Morgan fingerprint density at radius 1 is 1.13 bits per heavy atom. The fourth-order valence-corrected chi connectivity index (χ4v) is 4.70. The van der Waals surface area contributed by atoms with Crippen LogP contribution in [-0.4, -0.2) is 37.3 Å². The summed E-state index contributed by atoms with van der Waals surface area (Å²) in [5.74, 6) is -0.0417. The van der Waals surface area contributed by atoms with Crippen LogP contribution in [0.15, 0.2) is 48.5 Å². The van der Waals surface area contributed by atoms with Crippen molar-refractivity contribution in [3.05, 3.63) is 80.9 Å². The van der Waals surface area contributed by atoms with Crippen LogP contribution < -0.4 is 0 Å². The molecule has 0 saturated heterocycles. The van der Waals surface area contributed by atoms with Gasteiger partial charge in [0.05, 0.1) is 17.9 Å². The summed E-state index contributed by atoms with van der Waals surface area (Å²) in [6.45, 7) is 7.28. The first-order chi connectivity index (χ1) is 14.9. The predicted octanol–water partition coefficient (Wildman–Crippen LogP) is 4.68. The monoisotopic (exact) mass is 433 g/mol. The maximum absolute atomic E-state index is 13.4. The second-order valence-electron chi connectivity index (χ2n) is 7.81. The molecule has 1 amide bonds. The third-order valence-electron chi connectivity index (χ3n) is 5.52. The molecule has 31 heavy (non-hydrogen) atoms. The SMILES string of the molecule is Cc1ccc(CN(CCc2ccccc2)C(=O)c2cc(-c3c(C)nn(C)c3C)n[nH]2)s1. The average molecular weight is 434 g/mol. The van der Waals surface area contributed by atoms with E-state index in [2.05, 4.69) is 46.5 Å². The topological polar surface area (TPSA) is 66.8 Å². The number of aryl methyl sites for hydroxylation is 3. The van der Waals surface area contributed by atoms with E-state index in [1.54, 1.807) is 11.3 Å². The number of nitrogens with zero attached hydrogens (tertiary/aromatic N) is 4. The van der Waals surface area contributed by atoms with Crippen LogP contribution in [0.5, 0.6) is 0 Å². The standard InChI is InChI=1S/C24H27N5OS/c1-16-10-11-20(31-16)15-29(13-12-19-8-6-5-7-9-19)24(30)22-14-21(25-26-22)23-17(2)27-28(4)18(23)3/h5-11,14H,12-13,15H2,1-4H3,(H,25,26). The zero-order valence-electron chi connectivity index (χ0n) is 18.3. The molecule has 0 bridgehead atoms. The predicted molar refractivity (Wildman–Crippen MR) is 124 cm³/mol. The number of aromatic nitrogens is 4. The quantitative estimate of drug-likeness (QED) is 0.460. The van der Waals surface area contributed by atoms with Gasteiger partial charge >= 0.3 is 0 Å². The Hall–Kier alpha value is -3.19. The normalized spacial score (nSPS) is 11.1. The van der Waals surface area contributed by atoms with E-state index in [-0.39, 0.29) is 5.91 Å². The lowest BCUT2D eigenvalue weighted by atomic mass is 10.1. The number of H-pyrrole nitrogens is 1. The molecule has 0 fully saturated rings. The minimum absolute atomic E-state index is 0.0417. The summed E-state index contributed by atoms with van der Waals surface area (Å²) < 4.78 is 1.84. The molecule has 6 nitrogen and oxygen atoms in total. The Morgan fingerprint density at radius 3 is 2.55 bits per heavy atom. The van der Waals surface area contributed by atoms with Gasteiger partial charge in [0.2, 0.25) is 0 Å². The van der Waals surface area contributed by atoms with Gasteiger partial charge in [-0.15, -0.1) is 11.3 Å². The van der Waals surface area contributed by atoms with Crippen LogP contribution in [0.3, 0.4) is 0 Å². The molecule has 4 rings (SSSR count). The molecule has 0 radical (unpaired) electrons. The van der Waals surface area contributed by atoms with Gasteiger partial charge < -0.3 is 4.90 Å². The molecule has 0 spiro atoms. The van der Waals surface area contributed by atoms with Crippen molar-refractivity contribution in [3.8, 4) is 11.3 Å². The Balaban J connectivity index is 1.58. The Labute approximate surface area is 186 Å². The summed E-state index contributed by atoms with van der Waals surface area (Å²) >= 11 is 1.73. The van der Waals surface area contributed by atoms with Crippen LogP contribution in [0.25, 0.3) is 11.3 Å². The summed E-state index contributed by atoms with van der Waals surface area (Å²) in [6.07, 6.45) is 0.804. The zero-order valence-corrected chi connectivity index (χ0v) is 19.2. The summed E-state index contributed by atoms with van der Waals surface area (Å²) in [4.78, 5) is 17.8. The van der Waals surface area contributed by atoms with Crippen molar-refractivity contribution in [2.45, 2.75) is 33.7 Å². The van der Waals surface area contributed by atoms with Crippen LogP contribution in [0, 0.1) is 20.8 Å². The molecule has 4 aromatic rings. The van der Waals surface area contributed by atoms with Gasteiger partial charge in [-0.1, -0.05) is 30.3 Å². The molecule has 7 heteroatoms. The first kappa shape index (κ1) is 21.1. The lowest BCUT2D eigenvalue weighted by Crippen LogP contribution is -2.32. The largest absolute Gasteiger partial charge is 0.332 e. The Bertz CT molecular complexity index is 1190. The van der Waals surface area contributed by atoms with Gasteiger partial charge in [0.15, 0.2) is 0 Å². The van der Waals surface area contributed by atoms with Crippen molar-refractivity contribution in [1.82, 2.24) is 24.9 Å². The minimum atomic E-state index is -0.0417. The van der Waals surface area contributed by atoms with Crippen LogP contribution in [-0.2, 0) is 20.0 Å². The van der Waals surface area contributed by atoms with E-state index in [4.69, 9.17) is 0 Å². The second kappa shape index (κ2) is 8.89. The van der Waals surface area contributed by atoms with Crippen LogP contribution in [0.4, 0.5) is 0 Å². The highest BCUT2D eigenvalue weighted by molar-refractivity contribution is 7.11. The Morgan fingerprint density at radius 2 is 1.90 bits per heavy atom. The molecule has 0 aliphatic rings. The van der Waals surface area contributed by atoms with E-state index >= 15 is 0 Å². The number of aromatic amines is 1. The lowest BCUT2D eigenvalue weighted by Gasteiger charge is -2.21. The van der Waals surface area contributed by atoms with Gasteiger partial charge in [0.1, 0.15) is 5.69 Å². The van der Waals surface area contributed by atoms with Crippen LogP contribution >= 0.6 is 11.3 Å². The van der Waals surface area contributed by atoms with Gasteiger partial charge in [-0.2, -0.15) is 10.2 Å². The first-order valence-electron chi connectivity index (χ1n) is 10.4. The number of hydrogen-bond donors (Lipinski definition) is 1. The first-order valence-corrected chi connectivity index (χ1v) is 11.2. The lowest BCUT2D eigenvalue weighted by molar-refractivity contribution is 0.0741. The number of carbonyl (C=O) groups excluding carboxylic acids is 1. The molecule has 0 atom stereocenters. The van der Waals surface area contributed by atoms with Crippen molar-refractivity contribution in [1.29, 1.82) is 0 Å². The molecule has 0 unspecified atom stereocenters. The number of carbonyl (C=O) groups is 1. The smallest absolute Gasteiger partial charge is 0.272 e. The van der Waals surface area contributed by atoms with Crippen molar-refractivity contribution in [2.75, 3.05) is 6.54 Å². The van der Waals surface area contributed by atoms with Crippen molar-refractivity contribution < 1.29 is 4.79 Å². The molecule has 160 valence electrons. The fraction of sp³-hybridized carbons (Fsp3) is 0.292. The molecule has 0 aliphatic heterocycles. The van der Waals surface area contributed by atoms with E-state index in [1.807, 2.05) is 54.7 Å². The Kier molecular flexibility index (Phi) is 6.04. The number of amides is 1. The third kappa shape index (κ3) is 4.61. The van der Waals surface area contributed by atoms with Gasteiger partial charge in [-0.25, -0.2) is 0 Å². The highest BCUT2D eigenvalue weighted by atomic mass is 32.1. The van der Waals surface area contributed by atoms with Crippen molar-refractivity contribution in [3.63, 3.8) is 0 Å². The molecule has 0 aliphatic carbocycles. The zero-order chi connectivity index (χ0) is 22.0. The third-order valence-corrected chi connectivity index (χ3v) is 6.50. The number of hydrogen-bond acceptors (Lipinski definition) is 4. The van der Waals surface area contributed by atoms with Crippen LogP contribution in [0.1, 0.15) is 37.2 Å². The minimum Gasteiger partial charge on any atom is -0.332 e. The van der Waals surface area contributed by atoms with Gasteiger partial charge in [0.25, 0.3) is 5.91 Å². The number of benzene rings is 1.